The van der Waals surface area contributed by atoms with Gasteiger partial charge in [-0.1, -0.05) is 43.3 Å². The highest BCUT2D eigenvalue weighted by atomic mass is 16.5. The van der Waals surface area contributed by atoms with Crippen molar-refractivity contribution in [2.45, 2.75) is 25.9 Å². The lowest BCUT2D eigenvalue weighted by molar-refractivity contribution is 0.100. The molecule has 1 unspecified atom stereocenters. The van der Waals surface area contributed by atoms with E-state index in [1.165, 1.54) is 7.11 Å². The van der Waals surface area contributed by atoms with Gasteiger partial charge in [-0.25, -0.2) is 9.55 Å². The number of carbonyl (C=O) groups excluding carboxylic acids is 1. The van der Waals surface area contributed by atoms with E-state index in [1.807, 2.05) is 24.3 Å². The summed E-state index contributed by atoms with van der Waals surface area (Å²) in [6.07, 6.45) is 0. The number of anilines is 1. The standard InChI is InChI=1S/C24H25N7O2/c1-14-11-26-13-17-19(14)28-23(30-22(17)27-12-15-7-4-3-5-8-15)31-18-10-6-9-16(21(25)32)20(18)29-24(31)33-2/h3-10,14,26H,11-13H2,1-2H3,(H2,25,32)(H,27,28,30). The number of para-hydroxylation sites is 1. The van der Waals surface area contributed by atoms with Crippen LogP contribution in [0.3, 0.4) is 0 Å². The minimum Gasteiger partial charge on any atom is -0.468 e. The Morgan fingerprint density at radius 2 is 2.00 bits per heavy atom. The van der Waals surface area contributed by atoms with Crippen molar-refractivity contribution in [3.63, 3.8) is 0 Å². The number of benzene rings is 2. The molecule has 168 valence electrons. The van der Waals surface area contributed by atoms with Crippen LogP contribution in [-0.2, 0) is 13.1 Å². The number of nitrogens with one attached hydrogen (secondary N) is 2. The maximum Gasteiger partial charge on any atom is 0.304 e. The molecule has 5 rings (SSSR count). The number of amides is 1. The number of methoxy groups -OCH3 is 1. The lowest BCUT2D eigenvalue weighted by atomic mass is 9.98. The quantitative estimate of drug-likeness (QED) is 0.419. The van der Waals surface area contributed by atoms with Crippen molar-refractivity contribution >= 4 is 22.8 Å². The molecular weight excluding hydrogens is 418 g/mol. The number of hydrogen-bond acceptors (Lipinski definition) is 7. The number of hydrogen-bond donors (Lipinski definition) is 3. The number of ether oxygens (including phenoxy) is 1. The zero-order valence-electron chi connectivity index (χ0n) is 18.5. The molecule has 0 fully saturated rings. The van der Waals surface area contributed by atoms with Crippen LogP contribution in [0.2, 0.25) is 0 Å². The molecule has 0 saturated carbocycles. The van der Waals surface area contributed by atoms with Gasteiger partial charge in [-0.3, -0.25) is 4.79 Å². The van der Waals surface area contributed by atoms with E-state index >= 15 is 0 Å². The van der Waals surface area contributed by atoms with Gasteiger partial charge >= 0.3 is 6.01 Å². The summed E-state index contributed by atoms with van der Waals surface area (Å²) in [4.78, 5) is 26.3. The molecule has 4 aromatic rings. The average Bonchev–Trinajstić information content (AvgIpc) is 3.22. The first kappa shape index (κ1) is 20.9. The number of aromatic nitrogens is 4. The van der Waals surface area contributed by atoms with Crippen LogP contribution in [0.15, 0.2) is 48.5 Å². The van der Waals surface area contributed by atoms with Gasteiger partial charge in [0.1, 0.15) is 11.3 Å². The van der Waals surface area contributed by atoms with E-state index in [0.29, 0.717) is 35.6 Å². The third kappa shape index (κ3) is 3.76. The molecule has 0 radical (unpaired) electrons. The zero-order valence-corrected chi connectivity index (χ0v) is 18.5. The van der Waals surface area contributed by atoms with Gasteiger partial charge in [0.2, 0.25) is 5.95 Å². The summed E-state index contributed by atoms with van der Waals surface area (Å²) in [7, 11) is 1.53. The van der Waals surface area contributed by atoms with Crippen molar-refractivity contribution in [3.8, 4) is 12.0 Å². The summed E-state index contributed by atoms with van der Waals surface area (Å²) in [6, 6.07) is 15.7. The molecule has 1 atom stereocenters. The van der Waals surface area contributed by atoms with Gasteiger partial charge in [0.05, 0.1) is 23.9 Å². The van der Waals surface area contributed by atoms with Crippen molar-refractivity contribution in [1.82, 2.24) is 24.8 Å². The molecule has 2 aromatic heterocycles. The highest BCUT2D eigenvalue weighted by Gasteiger charge is 2.26. The molecule has 33 heavy (non-hydrogen) atoms. The van der Waals surface area contributed by atoms with Crippen LogP contribution in [0.1, 0.15) is 40.0 Å². The van der Waals surface area contributed by atoms with E-state index in [9.17, 15) is 4.79 Å². The maximum atomic E-state index is 12.0. The number of rotatable bonds is 6. The third-order valence-corrected chi connectivity index (χ3v) is 5.85. The summed E-state index contributed by atoms with van der Waals surface area (Å²) in [5.41, 5.74) is 10.2. The SMILES string of the molecule is COc1nc2c(C(N)=O)cccc2n1-c1nc(NCc2ccccc2)c2c(n1)C(C)CNC2. The topological polar surface area (TPSA) is 120 Å². The minimum absolute atomic E-state index is 0.203. The fourth-order valence-corrected chi connectivity index (χ4v) is 4.22. The molecule has 0 saturated heterocycles. The van der Waals surface area contributed by atoms with Gasteiger partial charge in [-0.15, -0.1) is 0 Å². The van der Waals surface area contributed by atoms with Crippen LogP contribution >= 0.6 is 0 Å². The van der Waals surface area contributed by atoms with Gasteiger partial charge in [0, 0.05) is 31.1 Å². The maximum absolute atomic E-state index is 12.0. The largest absolute Gasteiger partial charge is 0.468 e. The first-order chi connectivity index (χ1) is 16.1. The van der Waals surface area contributed by atoms with Gasteiger partial charge in [-0.05, 0) is 17.7 Å². The van der Waals surface area contributed by atoms with Crippen LogP contribution in [0.4, 0.5) is 5.82 Å². The number of imidazole rings is 1. The molecule has 4 N–H and O–H groups in total. The summed E-state index contributed by atoms with van der Waals surface area (Å²) in [6.45, 7) is 4.28. The van der Waals surface area contributed by atoms with E-state index in [4.69, 9.17) is 20.4 Å². The van der Waals surface area contributed by atoms with Crippen molar-refractivity contribution in [2.75, 3.05) is 19.0 Å². The summed E-state index contributed by atoms with van der Waals surface area (Å²) in [5.74, 6) is 0.839. The van der Waals surface area contributed by atoms with Gasteiger partial charge in [0.25, 0.3) is 5.91 Å². The fraction of sp³-hybridized carbons (Fsp3) is 0.250. The first-order valence-electron chi connectivity index (χ1n) is 10.8. The molecule has 9 nitrogen and oxygen atoms in total. The van der Waals surface area contributed by atoms with Gasteiger partial charge in [-0.2, -0.15) is 9.97 Å². The number of nitrogens with zero attached hydrogens (tertiary/aromatic N) is 4. The van der Waals surface area contributed by atoms with Crippen LogP contribution in [0, 0.1) is 0 Å². The Balaban J connectivity index is 1.67. The smallest absolute Gasteiger partial charge is 0.304 e. The van der Waals surface area contributed by atoms with E-state index in [-0.39, 0.29) is 11.9 Å². The van der Waals surface area contributed by atoms with Crippen molar-refractivity contribution in [3.05, 3.63) is 70.9 Å². The van der Waals surface area contributed by atoms with Crippen molar-refractivity contribution in [2.24, 2.45) is 5.73 Å². The third-order valence-electron chi connectivity index (χ3n) is 5.85. The predicted octanol–water partition coefficient (Wildman–Crippen LogP) is 2.74. The Kier molecular flexibility index (Phi) is 5.39. The van der Waals surface area contributed by atoms with Crippen LogP contribution in [0.5, 0.6) is 6.01 Å². The van der Waals surface area contributed by atoms with E-state index in [1.54, 1.807) is 16.7 Å². The molecule has 1 aliphatic rings. The van der Waals surface area contributed by atoms with Gasteiger partial charge in [0.15, 0.2) is 0 Å². The Hall–Kier alpha value is -3.98. The molecule has 1 aliphatic heterocycles. The predicted molar refractivity (Wildman–Crippen MR) is 126 cm³/mol. The Morgan fingerprint density at radius 3 is 2.76 bits per heavy atom. The van der Waals surface area contributed by atoms with E-state index in [2.05, 4.69) is 34.7 Å². The Labute approximate surface area is 191 Å². The van der Waals surface area contributed by atoms with Gasteiger partial charge < -0.3 is 21.1 Å². The van der Waals surface area contributed by atoms with E-state index in [0.717, 1.165) is 29.2 Å². The zero-order chi connectivity index (χ0) is 22.9. The molecular formula is C24H25N7O2. The van der Waals surface area contributed by atoms with Crippen LogP contribution in [0.25, 0.3) is 17.0 Å². The normalized spacial score (nSPS) is 15.3. The fourth-order valence-electron chi connectivity index (χ4n) is 4.22. The molecule has 0 aliphatic carbocycles. The molecule has 9 heteroatoms. The highest BCUT2D eigenvalue weighted by Crippen LogP contribution is 2.32. The summed E-state index contributed by atoms with van der Waals surface area (Å²) >= 11 is 0. The molecule has 2 aromatic carbocycles. The van der Waals surface area contributed by atoms with Crippen LogP contribution < -0.4 is 21.1 Å². The minimum atomic E-state index is -0.552. The number of primary amides is 1. The summed E-state index contributed by atoms with van der Waals surface area (Å²) in [5, 5.41) is 6.93. The average molecular weight is 444 g/mol. The monoisotopic (exact) mass is 443 g/mol. The second kappa shape index (κ2) is 8.51. The van der Waals surface area contributed by atoms with Crippen molar-refractivity contribution < 1.29 is 9.53 Å². The second-order valence-corrected chi connectivity index (χ2v) is 8.08. The number of carbonyl (C=O) groups is 1. The molecule has 0 spiro atoms. The lowest BCUT2D eigenvalue weighted by Gasteiger charge is -2.25. The number of nitrogens with two attached hydrogens (primary N) is 1. The second-order valence-electron chi connectivity index (χ2n) is 8.08. The lowest BCUT2D eigenvalue weighted by Crippen LogP contribution is -2.30. The first-order valence-corrected chi connectivity index (χ1v) is 10.8. The molecule has 1 amide bonds. The summed E-state index contributed by atoms with van der Waals surface area (Å²) < 4.78 is 7.27. The van der Waals surface area contributed by atoms with Crippen molar-refractivity contribution in [1.29, 1.82) is 0 Å². The van der Waals surface area contributed by atoms with E-state index < -0.39 is 5.91 Å². The number of fused-ring (bicyclic) bond motifs is 2. The molecule has 3 heterocycles. The highest BCUT2D eigenvalue weighted by molar-refractivity contribution is 6.04. The Morgan fingerprint density at radius 1 is 1.18 bits per heavy atom. The van der Waals surface area contributed by atoms with Crippen LogP contribution in [-0.4, -0.2) is 39.1 Å². The Bertz CT molecular complexity index is 1330. The molecule has 0 bridgehead atoms.